The van der Waals surface area contributed by atoms with Gasteiger partial charge in [0.1, 0.15) is 5.75 Å². The predicted octanol–water partition coefficient (Wildman–Crippen LogP) is 4.12. The van der Waals surface area contributed by atoms with Gasteiger partial charge < -0.3 is 9.30 Å². The molecule has 0 radical (unpaired) electrons. The summed E-state index contributed by atoms with van der Waals surface area (Å²) >= 11 is 1.42. The highest BCUT2D eigenvalue weighted by molar-refractivity contribution is 7.22. The van der Waals surface area contributed by atoms with E-state index in [-0.39, 0.29) is 18.1 Å². The van der Waals surface area contributed by atoms with Crippen molar-refractivity contribution in [3.8, 4) is 5.75 Å². The Morgan fingerprint density at radius 3 is 2.97 bits per heavy atom. The minimum Gasteiger partial charge on any atom is -0.483 e. The summed E-state index contributed by atoms with van der Waals surface area (Å²) in [6, 6.07) is 13.0. The fraction of sp³-hybridized carbons (Fsp3) is 0.136. The van der Waals surface area contributed by atoms with E-state index in [4.69, 9.17) is 4.74 Å². The van der Waals surface area contributed by atoms with E-state index in [1.54, 1.807) is 35.0 Å². The fourth-order valence-corrected chi connectivity index (χ4v) is 4.06. The largest absolute Gasteiger partial charge is 0.483 e. The summed E-state index contributed by atoms with van der Waals surface area (Å²) in [6.45, 7) is 5.94. The highest BCUT2D eigenvalue weighted by Gasteiger charge is 2.11. The Bertz CT molecular complexity index is 1290. The molecule has 0 spiro atoms. The van der Waals surface area contributed by atoms with Crippen LogP contribution in [-0.4, -0.2) is 22.1 Å². The average molecular weight is 405 g/mol. The van der Waals surface area contributed by atoms with E-state index in [9.17, 15) is 9.59 Å². The first-order valence-electron chi connectivity index (χ1n) is 9.08. The number of hydrogen-bond donors (Lipinski definition) is 1. The van der Waals surface area contributed by atoms with Crippen molar-refractivity contribution in [2.45, 2.75) is 13.5 Å². The number of thiazole rings is 1. The molecule has 2 heterocycles. The maximum atomic E-state index is 12.5. The van der Waals surface area contributed by atoms with E-state index >= 15 is 0 Å². The van der Waals surface area contributed by atoms with Gasteiger partial charge in [0.05, 0.1) is 15.6 Å². The lowest BCUT2D eigenvalue weighted by molar-refractivity contribution is -0.118. The van der Waals surface area contributed by atoms with Crippen molar-refractivity contribution in [3.63, 3.8) is 0 Å². The molecule has 0 bridgehead atoms. The summed E-state index contributed by atoms with van der Waals surface area (Å²) < 4.78 is 8.29. The highest BCUT2D eigenvalue weighted by Crippen LogP contribution is 2.27. The number of hydrogen-bond acceptors (Lipinski definition) is 5. The molecular formula is C22H19N3O3S. The van der Waals surface area contributed by atoms with Gasteiger partial charge in [-0.05, 0) is 42.8 Å². The molecule has 0 fully saturated rings. The average Bonchev–Trinajstić information content (AvgIpc) is 3.10. The van der Waals surface area contributed by atoms with E-state index in [2.05, 4.69) is 16.9 Å². The lowest BCUT2D eigenvalue weighted by Gasteiger charge is -2.10. The van der Waals surface area contributed by atoms with Crippen LogP contribution in [0.4, 0.5) is 5.13 Å². The number of nitrogens with one attached hydrogen (secondary N) is 1. The summed E-state index contributed by atoms with van der Waals surface area (Å²) in [7, 11) is 0. The van der Waals surface area contributed by atoms with E-state index in [1.165, 1.54) is 11.3 Å². The summed E-state index contributed by atoms with van der Waals surface area (Å²) in [5, 5.41) is 4.51. The van der Waals surface area contributed by atoms with Gasteiger partial charge in [0, 0.05) is 18.1 Å². The maximum absolute atomic E-state index is 12.5. The normalized spacial score (nSPS) is 10.9. The molecule has 0 unspecified atom stereocenters. The fourth-order valence-electron chi connectivity index (χ4n) is 3.08. The Balaban J connectivity index is 1.50. The third-order valence-corrected chi connectivity index (χ3v) is 5.39. The third-order valence-electron chi connectivity index (χ3n) is 4.45. The smallest absolute Gasteiger partial charge is 0.264 e. The first-order chi connectivity index (χ1) is 14.0. The molecule has 6 nitrogen and oxygen atoms in total. The van der Waals surface area contributed by atoms with Crippen LogP contribution in [-0.2, 0) is 11.3 Å². The van der Waals surface area contributed by atoms with Crippen LogP contribution in [0.1, 0.15) is 5.56 Å². The van der Waals surface area contributed by atoms with Crippen LogP contribution in [0.15, 0.2) is 66.1 Å². The SMILES string of the molecule is C=CCn1ccc2c(OCC(=O)Nc3nc4ccc(C)cc4s3)cccc2c1=O. The lowest BCUT2D eigenvalue weighted by Crippen LogP contribution is -2.21. The van der Waals surface area contributed by atoms with Crippen LogP contribution < -0.4 is 15.6 Å². The quantitative estimate of drug-likeness (QED) is 0.490. The lowest BCUT2D eigenvalue weighted by atomic mass is 10.1. The first kappa shape index (κ1) is 18.9. The second kappa shape index (κ2) is 7.89. The van der Waals surface area contributed by atoms with Crippen LogP contribution in [0.3, 0.4) is 0 Å². The molecule has 2 aromatic heterocycles. The third kappa shape index (κ3) is 3.90. The van der Waals surface area contributed by atoms with Crippen molar-refractivity contribution in [2.24, 2.45) is 0 Å². The van der Waals surface area contributed by atoms with Gasteiger partial charge in [-0.2, -0.15) is 0 Å². The Morgan fingerprint density at radius 2 is 2.14 bits per heavy atom. The molecule has 146 valence electrons. The molecule has 1 amide bonds. The van der Waals surface area contributed by atoms with Gasteiger partial charge in [-0.3, -0.25) is 14.9 Å². The number of amides is 1. The molecule has 4 aromatic rings. The van der Waals surface area contributed by atoms with Crippen molar-refractivity contribution < 1.29 is 9.53 Å². The number of benzene rings is 2. The number of ether oxygens (including phenoxy) is 1. The number of aryl methyl sites for hydroxylation is 1. The molecular weight excluding hydrogens is 386 g/mol. The Morgan fingerprint density at radius 1 is 1.28 bits per heavy atom. The number of carbonyl (C=O) groups is 1. The predicted molar refractivity (Wildman–Crippen MR) is 117 cm³/mol. The van der Waals surface area contributed by atoms with Gasteiger partial charge in [0.25, 0.3) is 11.5 Å². The van der Waals surface area contributed by atoms with E-state index in [0.717, 1.165) is 15.8 Å². The molecule has 4 rings (SSSR count). The van der Waals surface area contributed by atoms with Crippen molar-refractivity contribution >= 4 is 43.4 Å². The molecule has 0 aliphatic heterocycles. The van der Waals surface area contributed by atoms with Gasteiger partial charge in [-0.25, -0.2) is 4.98 Å². The second-order valence-electron chi connectivity index (χ2n) is 6.61. The second-order valence-corrected chi connectivity index (χ2v) is 7.64. The van der Waals surface area contributed by atoms with E-state index in [1.807, 2.05) is 31.2 Å². The zero-order chi connectivity index (χ0) is 20.4. The van der Waals surface area contributed by atoms with Gasteiger partial charge in [0.15, 0.2) is 11.7 Å². The van der Waals surface area contributed by atoms with Crippen molar-refractivity contribution in [3.05, 3.63) is 77.2 Å². The first-order valence-corrected chi connectivity index (χ1v) is 9.90. The maximum Gasteiger partial charge on any atom is 0.264 e. The molecule has 0 saturated carbocycles. The van der Waals surface area contributed by atoms with Gasteiger partial charge >= 0.3 is 0 Å². The standard InChI is InChI=1S/C22H19N3O3S/c1-3-10-25-11-9-15-16(21(25)27)5-4-6-18(15)28-13-20(26)24-22-23-17-8-7-14(2)12-19(17)29-22/h3-9,11-12H,1,10,13H2,2H3,(H,23,24,26). The monoisotopic (exact) mass is 405 g/mol. The summed E-state index contributed by atoms with van der Waals surface area (Å²) in [6.07, 6.45) is 3.36. The number of anilines is 1. The van der Waals surface area contributed by atoms with E-state index < -0.39 is 0 Å². The van der Waals surface area contributed by atoms with Crippen molar-refractivity contribution in [2.75, 3.05) is 11.9 Å². The Labute approximate surface area is 171 Å². The molecule has 2 aromatic carbocycles. The van der Waals surface area contributed by atoms with Crippen LogP contribution in [0, 0.1) is 6.92 Å². The van der Waals surface area contributed by atoms with Gasteiger partial charge in [0.2, 0.25) is 0 Å². The van der Waals surface area contributed by atoms with Gasteiger partial charge in [-0.15, -0.1) is 6.58 Å². The topological polar surface area (TPSA) is 73.2 Å². The molecule has 0 atom stereocenters. The number of nitrogens with zero attached hydrogens (tertiary/aromatic N) is 2. The summed E-state index contributed by atoms with van der Waals surface area (Å²) in [4.78, 5) is 29.3. The number of carbonyl (C=O) groups excluding carboxylic acids is 1. The number of rotatable bonds is 6. The number of allylic oxidation sites excluding steroid dienone is 1. The molecule has 29 heavy (non-hydrogen) atoms. The number of pyridine rings is 1. The summed E-state index contributed by atoms with van der Waals surface area (Å²) in [5.41, 5.74) is 1.87. The number of aromatic nitrogens is 2. The zero-order valence-electron chi connectivity index (χ0n) is 15.8. The molecule has 0 aliphatic rings. The van der Waals surface area contributed by atoms with Crippen LogP contribution in [0.5, 0.6) is 5.75 Å². The van der Waals surface area contributed by atoms with Crippen molar-refractivity contribution in [1.82, 2.24) is 9.55 Å². The highest BCUT2D eigenvalue weighted by atomic mass is 32.1. The van der Waals surface area contributed by atoms with Gasteiger partial charge in [-0.1, -0.05) is 29.5 Å². The Hall–Kier alpha value is -3.45. The van der Waals surface area contributed by atoms with Crippen LogP contribution >= 0.6 is 11.3 Å². The molecule has 1 N–H and O–H groups in total. The van der Waals surface area contributed by atoms with Crippen LogP contribution in [0.2, 0.25) is 0 Å². The van der Waals surface area contributed by atoms with Crippen molar-refractivity contribution in [1.29, 1.82) is 0 Å². The summed E-state index contributed by atoms with van der Waals surface area (Å²) in [5.74, 6) is 0.179. The zero-order valence-corrected chi connectivity index (χ0v) is 16.7. The van der Waals surface area contributed by atoms with E-state index in [0.29, 0.717) is 28.2 Å². The Kier molecular flexibility index (Phi) is 5.14. The molecule has 7 heteroatoms. The minimum atomic E-state index is -0.308. The van der Waals surface area contributed by atoms with Crippen LogP contribution in [0.25, 0.3) is 21.0 Å². The molecule has 0 aliphatic carbocycles. The molecule has 0 saturated heterocycles. The minimum absolute atomic E-state index is 0.123. The number of fused-ring (bicyclic) bond motifs is 2.